The van der Waals surface area contributed by atoms with Gasteiger partial charge in [-0.2, -0.15) is 0 Å². The van der Waals surface area contributed by atoms with Gasteiger partial charge < -0.3 is 14.6 Å². The SMILES string of the molecule is C=CC.CCOCC.COCCO. The van der Waals surface area contributed by atoms with Crippen molar-refractivity contribution >= 4 is 0 Å². The zero-order valence-electron chi connectivity index (χ0n) is 9.38. The van der Waals surface area contributed by atoms with Crippen molar-refractivity contribution in [3.8, 4) is 0 Å². The van der Waals surface area contributed by atoms with Gasteiger partial charge in [-0.15, -0.1) is 6.58 Å². The van der Waals surface area contributed by atoms with Gasteiger partial charge in [0.1, 0.15) is 0 Å². The third kappa shape index (κ3) is 82.1. The highest BCUT2D eigenvalue weighted by Crippen LogP contribution is 1.64. The molecule has 0 bridgehead atoms. The highest BCUT2D eigenvalue weighted by Gasteiger charge is 1.67. The van der Waals surface area contributed by atoms with Gasteiger partial charge in [-0.05, 0) is 20.8 Å². The van der Waals surface area contributed by atoms with Crippen LogP contribution in [0.15, 0.2) is 12.7 Å². The topological polar surface area (TPSA) is 38.7 Å². The van der Waals surface area contributed by atoms with E-state index in [0.717, 1.165) is 13.2 Å². The molecule has 3 nitrogen and oxygen atoms in total. The van der Waals surface area contributed by atoms with Crippen LogP contribution in [0.25, 0.3) is 0 Å². The second-order valence-corrected chi connectivity index (χ2v) is 1.91. The van der Waals surface area contributed by atoms with Crippen LogP contribution in [0.3, 0.4) is 0 Å². The van der Waals surface area contributed by atoms with Gasteiger partial charge in [-0.25, -0.2) is 0 Å². The number of rotatable bonds is 4. The van der Waals surface area contributed by atoms with E-state index in [1.807, 2.05) is 20.8 Å². The van der Waals surface area contributed by atoms with Crippen LogP contribution in [0.1, 0.15) is 20.8 Å². The summed E-state index contributed by atoms with van der Waals surface area (Å²) in [5.74, 6) is 0. The zero-order valence-corrected chi connectivity index (χ0v) is 9.38. The lowest BCUT2D eigenvalue weighted by atomic mass is 10.8. The summed E-state index contributed by atoms with van der Waals surface area (Å²) in [5.41, 5.74) is 0. The molecule has 0 fully saturated rings. The van der Waals surface area contributed by atoms with E-state index in [0.29, 0.717) is 6.61 Å². The Bertz CT molecular complexity index is 55.2. The number of aliphatic hydroxyl groups excluding tert-OH is 1. The monoisotopic (exact) mass is 192 g/mol. The van der Waals surface area contributed by atoms with Crippen LogP contribution in [0.2, 0.25) is 0 Å². The van der Waals surface area contributed by atoms with Crippen LogP contribution < -0.4 is 0 Å². The van der Waals surface area contributed by atoms with Gasteiger partial charge in [-0.1, -0.05) is 6.08 Å². The molecule has 0 aromatic rings. The maximum atomic E-state index is 7.94. The first-order valence-corrected chi connectivity index (χ1v) is 4.49. The van der Waals surface area contributed by atoms with Crippen molar-refractivity contribution in [3.05, 3.63) is 12.7 Å². The fraction of sp³-hybridized carbons (Fsp3) is 0.800. The van der Waals surface area contributed by atoms with Gasteiger partial charge in [0.15, 0.2) is 0 Å². The maximum Gasteiger partial charge on any atom is 0.0693 e. The predicted molar refractivity (Wildman–Crippen MR) is 57.0 cm³/mol. The highest BCUT2D eigenvalue weighted by atomic mass is 16.5. The molecule has 0 atom stereocenters. The van der Waals surface area contributed by atoms with Gasteiger partial charge in [0.25, 0.3) is 0 Å². The Labute approximate surface area is 82.4 Å². The minimum Gasteiger partial charge on any atom is -0.394 e. The van der Waals surface area contributed by atoms with E-state index >= 15 is 0 Å². The van der Waals surface area contributed by atoms with E-state index in [9.17, 15) is 0 Å². The van der Waals surface area contributed by atoms with Crippen molar-refractivity contribution < 1.29 is 14.6 Å². The van der Waals surface area contributed by atoms with Crippen LogP contribution in [-0.2, 0) is 9.47 Å². The Morgan fingerprint density at radius 2 is 1.69 bits per heavy atom. The molecule has 0 radical (unpaired) electrons. The molecule has 0 saturated carbocycles. The van der Waals surface area contributed by atoms with Gasteiger partial charge in [0, 0.05) is 20.3 Å². The molecule has 0 aromatic carbocycles. The van der Waals surface area contributed by atoms with Crippen molar-refractivity contribution in [3.63, 3.8) is 0 Å². The molecular formula is C10H24O3. The Balaban J connectivity index is -0.000000120. The molecule has 0 unspecified atom stereocenters. The number of hydrogen-bond donors (Lipinski definition) is 1. The van der Waals surface area contributed by atoms with Crippen molar-refractivity contribution in [1.29, 1.82) is 0 Å². The number of allylic oxidation sites excluding steroid dienone is 1. The average molecular weight is 192 g/mol. The van der Waals surface area contributed by atoms with Gasteiger partial charge in [0.2, 0.25) is 0 Å². The molecule has 0 aliphatic heterocycles. The molecule has 0 amide bonds. The maximum absolute atomic E-state index is 7.94. The second-order valence-electron chi connectivity index (χ2n) is 1.91. The molecule has 82 valence electrons. The van der Waals surface area contributed by atoms with E-state index in [-0.39, 0.29) is 6.61 Å². The van der Waals surface area contributed by atoms with Crippen molar-refractivity contribution in [2.24, 2.45) is 0 Å². The molecule has 1 N–H and O–H groups in total. The molecule has 0 saturated heterocycles. The Morgan fingerprint density at radius 1 is 1.31 bits per heavy atom. The van der Waals surface area contributed by atoms with E-state index in [1.54, 1.807) is 13.2 Å². The third-order valence-electron chi connectivity index (χ3n) is 0.704. The third-order valence-corrected chi connectivity index (χ3v) is 0.704. The summed E-state index contributed by atoms with van der Waals surface area (Å²) in [4.78, 5) is 0. The first kappa shape index (κ1) is 18.4. The predicted octanol–water partition coefficient (Wildman–Crippen LogP) is 1.86. The molecule has 0 rings (SSSR count). The fourth-order valence-electron chi connectivity index (χ4n) is 0.295. The van der Waals surface area contributed by atoms with Crippen molar-refractivity contribution in [2.45, 2.75) is 20.8 Å². The van der Waals surface area contributed by atoms with Crippen LogP contribution in [-0.4, -0.2) is 38.6 Å². The lowest BCUT2D eigenvalue weighted by Crippen LogP contribution is -1.91. The number of methoxy groups -OCH3 is 1. The molecule has 13 heavy (non-hydrogen) atoms. The molecule has 0 aromatic heterocycles. The van der Waals surface area contributed by atoms with Crippen molar-refractivity contribution in [1.82, 2.24) is 0 Å². The van der Waals surface area contributed by atoms with Crippen molar-refractivity contribution in [2.75, 3.05) is 33.5 Å². The lowest BCUT2D eigenvalue weighted by molar-refractivity contribution is 0.135. The number of ether oxygens (including phenoxy) is 2. The van der Waals surface area contributed by atoms with E-state index in [2.05, 4.69) is 11.3 Å². The summed E-state index contributed by atoms with van der Waals surface area (Å²) in [7, 11) is 1.55. The van der Waals surface area contributed by atoms with Gasteiger partial charge >= 0.3 is 0 Å². The van der Waals surface area contributed by atoms with E-state index < -0.39 is 0 Å². The highest BCUT2D eigenvalue weighted by molar-refractivity contribution is 4.51. The first-order chi connectivity index (χ1) is 6.24. The molecular weight excluding hydrogens is 168 g/mol. The Morgan fingerprint density at radius 3 is 1.69 bits per heavy atom. The summed E-state index contributed by atoms with van der Waals surface area (Å²) in [6.07, 6.45) is 1.75. The Hall–Kier alpha value is -0.380. The lowest BCUT2D eigenvalue weighted by Gasteiger charge is -1.86. The molecule has 0 aliphatic rings. The minimum absolute atomic E-state index is 0.122. The van der Waals surface area contributed by atoms with Crippen LogP contribution in [0.5, 0.6) is 0 Å². The summed E-state index contributed by atoms with van der Waals surface area (Å²) >= 11 is 0. The minimum atomic E-state index is 0.122. The molecule has 0 spiro atoms. The molecule has 0 heterocycles. The normalized spacial score (nSPS) is 7.46. The van der Waals surface area contributed by atoms with Gasteiger partial charge in [0.05, 0.1) is 13.2 Å². The Kier molecular flexibility index (Phi) is 42.4. The first-order valence-electron chi connectivity index (χ1n) is 4.49. The largest absolute Gasteiger partial charge is 0.394 e. The van der Waals surface area contributed by atoms with Crippen LogP contribution >= 0.6 is 0 Å². The van der Waals surface area contributed by atoms with E-state index in [4.69, 9.17) is 9.84 Å². The fourth-order valence-corrected chi connectivity index (χ4v) is 0.295. The summed E-state index contributed by atoms with van der Waals surface area (Å²) < 4.78 is 9.27. The smallest absolute Gasteiger partial charge is 0.0693 e. The van der Waals surface area contributed by atoms with Gasteiger partial charge in [-0.3, -0.25) is 0 Å². The standard InChI is InChI=1S/C4H10O.C3H8O2.C3H6/c1-3-5-4-2;1-5-3-2-4;1-3-2/h3-4H2,1-2H3;4H,2-3H2,1H3;3H,1H2,2H3. The second kappa shape index (κ2) is 29.9. The summed E-state index contributed by atoms with van der Waals surface area (Å²) in [6.45, 7) is 11.5. The quantitative estimate of drug-likeness (QED) is 0.691. The number of aliphatic hydroxyl groups is 1. The van der Waals surface area contributed by atoms with Crippen LogP contribution in [0.4, 0.5) is 0 Å². The summed E-state index contributed by atoms with van der Waals surface area (Å²) in [5, 5.41) is 7.94. The zero-order chi connectivity index (χ0) is 10.9. The van der Waals surface area contributed by atoms with Crippen LogP contribution in [0, 0.1) is 0 Å². The van der Waals surface area contributed by atoms with E-state index in [1.165, 1.54) is 0 Å². The average Bonchev–Trinajstić information content (AvgIpc) is 2.09. The molecule has 0 aliphatic carbocycles. The molecule has 3 heteroatoms. The summed E-state index contributed by atoms with van der Waals surface area (Å²) in [6, 6.07) is 0. The number of hydrogen-bond acceptors (Lipinski definition) is 3.